The molecule has 2 heterocycles. The number of hydrogen-bond acceptors (Lipinski definition) is 3. The smallest absolute Gasteiger partial charge is 0.315 e. The van der Waals surface area contributed by atoms with Crippen LogP contribution in [0.25, 0.3) is 0 Å². The fourth-order valence-electron chi connectivity index (χ4n) is 2.36. The molecule has 1 aromatic rings. The Morgan fingerprint density at radius 2 is 2.29 bits per heavy atom. The minimum atomic E-state index is -0.182. The second-order valence-corrected chi connectivity index (χ2v) is 5.60. The van der Waals surface area contributed by atoms with E-state index in [2.05, 4.69) is 20.8 Å². The number of aromatic amines is 1. The molecule has 116 valence electrons. The van der Waals surface area contributed by atoms with Crippen molar-refractivity contribution in [2.24, 2.45) is 0 Å². The lowest BCUT2D eigenvalue weighted by atomic mass is 10.1. The first-order valence-electron chi connectivity index (χ1n) is 7.40. The van der Waals surface area contributed by atoms with E-state index in [0.29, 0.717) is 31.2 Å². The molecule has 0 spiro atoms. The van der Waals surface area contributed by atoms with E-state index < -0.39 is 0 Å². The molecule has 1 aromatic heterocycles. The number of aromatic nitrogens is 2. The number of carbonyl (C=O) groups is 2. The van der Waals surface area contributed by atoms with Gasteiger partial charge in [-0.3, -0.25) is 9.89 Å². The Hall–Kier alpha value is -2.05. The zero-order valence-corrected chi connectivity index (χ0v) is 12.8. The van der Waals surface area contributed by atoms with Gasteiger partial charge >= 0.3 is 6.03 Å². The third-order valence-corrected chi connectivity index (χ3v) is 3.59. The summed E-state index contributed by atoms with van der Waals surface area (Å²) in [5.41, 5.74) is 1.40. The molecule has 7 heteroatoms. The van der Waals surface area contributed by atoms with Crippen molar-refractivity contribution in [3.05, 3.63) is 17.5 Å². The fourth-order valence-corrected chi connectivity index (χ4v) is 2.36. The fraction of sp³-hybridized carbons (Fsp3) is 0.643. The summed E-state index contributed by atoms with van der Waals surface area (Å²) in [6.45, 7) is 7.72. The van der Waals surface area contributed by atoms with Gasteiger partial charge < -0.3 is 15.5 Å². The highest BCUT2D eigenvalue weighted by molar-refractivity contribution is 5.92. The number of nitrogens with one attached hydrogen (secondary N) is 3. The summed E-state index contributed by atoms with van der Waals surface area (Å²) in [4.78, 5) is 25.6. The van der Waals surface area contributed by atoms with E-state index in [9.17, 15) is 9.59 Å². The van der Waals surface area contributed by atoms with Crippen LogP contribution in [0.2, 0.25) is 0 Å². The van der Waals surface area contributed by atoms with Crippen molar-refractivity contribution in [2.75, 3.05) is 19.6 Å². The van der Waals surface area contributed by atoms with Crippen LogP contribution in [0, 0.1) is 0 Å². The molecule has 0 aromatic carbocycles. The minimum Gasteiger partial charge on any atom is -0.338 e. The summed E-state index contributed by atoms with van der Waals surface area (Å²) in [6.07, 6.45) is 0.768. The van der Waals surface area contributed by atoms with Gasteiger partial charge in [-0.25, -0.2) is 4.79 Å². The van der Waals surface area contributed by atoms with Gasteiger partial charge in [0.2, 0.25) is 0 Å². The van der Waals surface area contributed by atoms with Crippen molar-refractivity contribution < 1.29 is 9.59 Å². The molecule has 3 N–H and O–H groups in total. The lowest BCUT2D eigenvalue weighted by Gasteiger charge is -2.16. The van der Waals surface area contributed by atoms with Crippen molar-refractivity contribution >= 4 is 11.9 Å². The normalized spacial score (nSPS) is 18.1. The van der Waals surface area contributed by atoms with Crippen LogP contribution >= 0.6 is 0 Å². The third kappa shape index (κ3) is 3.74. The molecule has 0 bridgehead atoms. The van der Waals surface area contributed by atoms with Gasteiger partial charge in [-0.05, 0) is 25.3 Å². The first-order chi connectivity index (χ1) is 10.0. The minimum absolute atomic E-state index is 0.00371. The average molecular weight is 293 g/mol. The van der Waals surface area contributed by atoms with Crippen LogP contribution in [0.15, 0.2) is 6.07 Å². The van der Waals surface area contributed by atoms with Gasteiger partial charge in [-0.15, -0.1) is 0 Å². The molecule has 0 unspecified atom stereocenters. The maximum Gasteiger partial charge on any atom is 0.315 e. The molecule has 21 heavy (non-hydrogen) atoms. The van der Waals surface area contributed by atoms with Crippen molar-refractivity contribution in [1.29, 1.82) is 0 Å². The number of urea groups is 1. The molecular weight excluding hydrogens is 270 g/mol. The summed E-state index contributed by atoms with van der Waals surface area (Å²) in [5, 5.41) is 12.5. The summed E-state index contributed by atoms with van der Waals surface area (Å²) >= 11 is 0. The Morgan fingerprint density at radius 3 is 2.90 bits per heavy atom. The second-order valence-electron chi connectivity index (χ2n) is 5.60. The Kier molecular flexibility index (Phi) is 4.82. The third-order valence-electron chi connectivity index (χ3n) is 3.59. The summed E-state index contributed by atoms with van der Waals surface area (Å²) in [5.74, 6) is 0.225. The maximum absolute atomic E-state index is 12.4. The highest BCUT2D eigenvalue weighted by atomic mass is 16.2. The Bertz CT molecular complexity index is 511. The number of nitrogens with zero attached hydrogens (tertiary/aromatic N) is 2. The molecule has 7 nitrogen and oxygen atoms in total. The lowest BCUT2D eigenvalue weighted by molar-refractivity contribution is 0.0783. The van der Waals surface area contributed by atoms with Crippen LogP contribution in [0.3, 0.4) is 0 Å². The monoisotopic (exact) mass is 293 g/mol. The van der Waals surface area contributed by atoms with Gasteiger partial charge in [-0.2, -0.15) is 5.10 Å². The SMILES string of the molecule is CCNC(=O)N[C@@H]1CCN(C(=O)c2cc(C(C)C)[nH]n2)C1. The van der Waals surface area contributed by atoms with Crippen LogP contribution in [-0.4, -0.2) is 52.7 Å². The Labute approximate surface area is 124 Å². The van der Waals surface area contributed by atoms with Crippen molar-refractivity contribution in [1.82, 2.24) is 25.7 Å². The zero-order valence-electron chi connectivity index (χ0n) is 12.8. The predicted molar refractivity (Wildman–Crippen MR) is 79.2 cm³/mol. The Balaban J connectivity index is 1.91. The van der Waals surface area contributed by atoms with Crippen LogP contribution in [0.1, 0.15) is 49.3 Å². The molecule has 0 saturated carbocycles. The molecular formula is C14H23N5O2. The molecule has 2 rings (SSSR count). The van der Waals surface area contributed by atoms with Gasteiger partial charge in [0.15, 0.2) is 0 Å². The molecule has 0 radical (unpaired) electrons. The molecule has 1 aliphatic rings. The van der Waals surface area contributed by atoms with Crippen LogP contribution in [0.5, 0.6) is 0 Å². The first-order valence-corrected chi connectivity index (χ1v) is 7.40. The first kappa shape index (κ1) is 15.3. The van der Waals surface area contributed by atoms with Crippen molar-refractivity contribution in [3.8, 4) is 0 Å². The molecule has 1 saturated heterocycles. The number of rotatable bonds is 4. The van der Waals surface area contributed by atoms with Crippen LogP contribution in [-0.2, 0) is 0 Å². The number of H-pyrrole nitrogens is 1. The van der Waals surface area contributed by atoms with Gasteiger partial charge in [0.1, 0.15) is 5.69 Å². The van der Waals surface area contributed by atoms with E-state index in [4.69, 9.17) is 0 Å². The van der Waals surface area contributed by atoms with E-state index in [1.165, 1.54) is 0 Å². The lowest BCUT2D eigenvalue weighted by Crippen LogP contribution is -2.43. The van der Waals surface area contributed by atoms with Gasteiger partial charge in [0.05, 0.1) is 0 Å². The molecule has 1 aliphatic heterocycles. The van der Waals surface area contributed by atoms with Gasteiger partial charge in [0, 0.05) is 31.4 Å². The largest absolute Gasteiger partial charge is 0.338 e. The summed E-state index contributed by atoms with van der Waals surface area (Å²) in [6, 6.07) is 1.63. The Morgan fingerprint density at radius 1 is 1.52 bits per heavy atom. The number of likely N-dealkylation sites (tertiary alicyclic amines) is 1. The standard InChI is InChI=1S/C14H23N5O2/c1-4-15-14(21)16-10-5-6-19(8-10)13(20)12-7-11(9(2)3)17-18-12/h7,9-10H,4-6,8H2,1-3H3,(H,17,18)(H2,15,16,21)/t10-/m1/s1. The van der Waals surface area contributed by atoms with Crippen molar-refractivity contribution in [3.63, 3.8) is 0 Å². The second kappa shape index (κ2) is 6.60. The van der Waals surface area contributed by atoms with Crippen molar-refractivity contribution in [2.45, 2.75) is 39.2 Å². The predicted octanol–water partition coefficient (Wildman–Crippen LogP) is 1.07. The number of hydrogen-bond donors (Lipinski definition) is 3. The van der Waals surface area contributed by atoms with E-state index in [0.717, 1.165) is 12.1 Å². The zero-order chi connectivity index (χ0) is 15.4. The molecule has 0 aliphatic carbocycles. The van der Waals surface area contributed by atoms with Gasteiger partial charge in [0.25, 0.3) is 5.91 Å². The maximum atomic E-state index is 12.4. The van der Waals surface area contributed by atoms with Crippen LogP contribution in [0.4, 0.5) is 4.79 Å². The van der Waals surface area contributed by atoms with E-state index in [1.54, 1.807) is 11.0 Å². The topological polar surface area (TPSA) is 90.1 Å². The average Bonchev–Trinajstić information content (AvgIpc) is 3.06. The van der Waals surface area contributed by atoms with E-state index >= 15 is 0 Å². The summed E-state index contributed by atoms with van der Waals surface area (Å²) in [7, 11) is 0. The van der Waals surface area contributed by atoms with Crippen LogP contribution < -0.4 is 10.6 Å². The highest BCUT2D eigenvalue weighted by Crippen LogP contribution is 2.16. The van der Waals surface area contributed by atoms with E-state index in [1.807, 2.05) is 20.8 Å². The molecule has 1 fully saturated rings. The quantitative estimate of drug-likeness (QED) is 0.775. The number of amides is 3. The molecule has 1 atom stereocenters. The summed E-state index contributed by atoms with van der Waals surface area (Å²) < 4.78 is 0. The van der Waals surface area contributed by atoms with E-state index in [-0.39, 0.29) is 18.0 Å². The van der Waals surface area contributed by atoms with Gasteiger partial charge in [-0.1, -0.05) is 13.8 Å². The molecule has 3 amide bonds. The highest BCUT2D eigenvalue weighted by Gasteiger charge is 2.29. The number of carbonyl (C=O) groups excluding carboxylic acids is 2.